The first-order chi connectivity index (χ1) is 11.4. The van der Waals surface area contributed by atoms with Crippen molar-refractivity contribution >= 4 is 23.1 Å². The highest BCUT2D eigenvalue weighted by Gasteiger charge is 2.24. The van der Waals surface area contributed by atoms with Crippen molar-refractivity contribution in [2.24, 2.45) is 0 Å². The molecule has 0 spiro atoms. The van der Waals surface area contributed by atoms with Gasteiger partial charge in [-0.2, -0.15) is 5.10 Å². The molecule has 3 rings (SSSR count). The molecule has 0 unspecified atom stereocenters. The summed E-state index contributed by atoms with van der Waals surface area (Å²) in [7, 11) is 0. The lowest BCUT2D eigenvalue weighted by Crippen LogP contribution is -2.25. The van der Waals surface area contributed by atoms with Gasteiger partial charge in [-0.3, -0.25) is 24.4 Å². The molecule has 0 aliphatic carbocycles. The maximum Gasteiger partial charge on any atom is 0.312 e. The molecule has 0 fully saturated rings. The predicted molar refractivity (Wildman–Crippen MR) is 83.3 cm³/mol. The van der Waals surface area contributed by atoms with Crippen molar-refractivity contribution in [1.82, 2.24) is 9.78 Å². The number of Topliss-reactive ketones (excluding diaryl/α,β-unsaturated/α-hetero) is 1. The van der Waals surface area contributed by atoms with E-state index in [1.807, 2.05) is 0 Å². The van der Waals surface area contributed by atoms with E-state index in [4.69, 9.17) is 4.74 Å². The number of benzene rings is 1. The zero-order valence-corrected chi connectivity index (χ0v) is 13.0. The third kappa shape index (κ3) is 2.71. The van der Waals surface area contributed by atoms with Crippen LogP contribution in [0.3, 0.4) is 0 Å². The molecular weight excluding hydrogens is 316 g/mol. The molecule has 24 heavy (non-hydrogen) atoms. The average Bonchev–Trinajstić information content (AvgIpc) is 2.80. The van der Waals surface area contributed by atoms with Gasteiger partial charge < -0.3 is 10.1 Å². The maximum atomic E-state index is 12.4. The Bertz CT molecular complexity index is 871. The van der Waals surface area contributed by atoms with E-state index >= 15 is 0 Å². The monoisotopic (exact) mass is 330 g/mol. The largest absolute Gasteiger partial charge is 0.482 e. The zero-order chi connectivity index (χ0) is 17.4. The molecular formula is C15H14N4O5. The molecule has 0 radical (unpaired) electrons. The van der Waals surface area contributed by atoms with Gasteiger partial charge in [0.15, 0.2) is 12.4 Å². The van der Waals surface area contributed by atoms with Gasteiger partial charge in [0.25, 0.3) is 5.91 Å². The number of ketones is 1. The maximum absolute atomic E-state index is 12.4. The molecule has 1 aliphatic heterocycles. The number of nitrogens with zero attached hydrogens (tertiary/aromatic N) is 3. The number of ether oxygens (including phenoxy) is 1. The summed E-state index contributed by atoms with van der Waals surface area (Å²) in [5.41, 5.74) is 1.27. The molecule has 9 nitrogen and oxygen atoms in total. The number of nitro groups is 1. The average molecular weight is 330 g/mol. The van der Waals surface area contributed by atoms with Gasteiger partial charge >= 0.3 is 5.69 Å². The minimum Gasteiger partial charge on any atom is -0.482 e. The van der Waals surface area contributed by atoms with Gasteiger partial charge in [-0.1, -0.05) is 0 Å². The SMILES string of the molecule is Cc1nn(CC(=O)c2ccc3c(c2)NC(=O)CO3)c(C)c1[N+](=O)[O-]. The van der Waals surface area contributed by atoms with Crippen LogP contribution in [-0.2, 0) is 11.3 Å². The van der Waals surface area contributed by atoms with Crippen LogP contribution in [0.25, 0.3) is 0 Å². The summed E-state index contributed by atoms with van der Waals surface area (Å²) in [4.78, 5) is 34.3. The van der Waals surface area contributed by atoms with E-state index in [0.717, 1.165) is 0 Å². The van der Waals surface area contributed by atoms with E-state index in [2.05, 4.69) is 10.4 Å². The van der Waals surface area contributed by atoms with Crippen molar-refractivity contribution in [3.05, 3.63) is 45.3 Å². The van der Waals surface area contributed by atoms with Crippen LogP contribution in [-0.4, -0.2) is 33.0 Å². The van der Waals surface area contributed by atoms with Crippen LogP contribution < -0.4 is 10.1 Å². The number of hydrogen-bond acceptors (Lipinski definition) is 6. The Morgan fingerprint density at radius 1 is 1.46 bits per heavy atom. The van der Waals surface area contributed by atoms with Gasteiger partial charge in [-0.05, 0) is 32.0 Å². The van der Waals surface area contributed by atoms with E-state index in [-0.39, 0.29) is 36.2 Å². The summed E-state index contributed by atoms with van der Waals surface area (Å²) in [5.74, 6) is -0.0766. The van der Waals surface area contributed by atoms with Crippen LogP contribution in [0.1, 0.15) is 21.7 Å². The van der Waals surface area contributed by atoms with E-state index in [9.17, 15) is 19.7 Å². The normalized spacial score (nSPS) is 13.0. The number of fused-ring (bicyclic) bond motifs is 1. The first-order valence-electron chi connectivity index (χ1n) is 7.15. The van der Waals surface area contributed by atoms with Crippen molar-refractivity contribution in [2.75, 3.05) is 11.9 Å². The molecule has 1 aromatic heterocycles. The number of anilines is 1. The number of nitrogens with one attached hydrogen (secondary N) is 1. The van der Waals surface area contributed by atoms with Crippen molar-refractivity contribution in [2.45, 2.75) is 20.4 Å². The lowest BCUT2D eigenvalue weighted by Gasteiger charge is -2.18. The molecule has 1 aromatic carbocycles. The second kappa shape index (κ2) is 5.76. The smallest absolute Gasteiger partial charge is 0.312 e. The van der Waals surface area contributed by atoms with Crippen LogP contribution in [0.5, 0.6) is 5.75 Å². The summed E-state index contributed by atoms with van der Waals surface area (Å²) in [5, 5.41) is 17.7. The highest BCUT2D eigenvalue weighted by Crippen LogP contribution is 2.29. The molecule has 2 heterocycles. The Morgan fingerprint density at radius 3 is 2.88 bits per heavy atom. The summed E-state index contributed by atoms with van der Waals surface area (Å²) < 4.78 is 6.55. The first kappa shape index (κ1) is 15.7. The van der Waals surface area contributed by atoms with Gasteiger partial charge in [-0.15, -0.1) is 0 Å². The molecule has 1 amide bonds. The topological polar surface area (TPSA) is 116 Å². The highest BCUT2D eigenvalue weighted by atomic mass is 16.6. The lowest BCUT2D eigenvalue weighted by atomic mass is 10.1. The standard InChI is InChI=1S/C15H14N4O5/c1-8-15(19(22)23)9(2)18(17-8)6-12(20)10-3-4-13-11(5-10)16-14(21)7-24-13/h3-5H,6-7H2,1-2H3,(H,16,21). The van der Waals surface area contributed by atoms with Crippen molar-refractivity contribution in [3.63, 3.8) is 0 Å². The van der Waals surface area contributed by atoms with Crippen molar-refractivity contribution in [3.8, 4) is 5.75 Å². The Kier molecular flexibility index (Phi) is 3.76. The van der Waals surface area contributed by atoms with Gasteiger partial charge in [-0.25, -0.2) is 0 Å². The van der Waals surface area contributed by atoms with E-state index in [1.165, 1.54) is 17.7 Å². The van der Waals surface area contributed by atoms with Gasteiger partial charge in [0.05, 0.1) is 10.6 Å². The number of aryl methyl sites for hydroxylation is 1. The second-order valence-corrected chi connectivity index (χ2v) is 5.41. The fourth-order valence-electron chi connectivity index (χ4n) is 2.59. The third-order valence-electron chi connectivity index (χ3n) is 3.75. The van der Waals surface area contributed by atoms with Crippen LogP contribution in [0.2, 0.25) is 0 Å². The van der Waals surface area contributed by atoms with E-state index in [0.29, 0.717) is 22.7 Å². The number of carbonyl (C=O) groups is 2. The lowest BCUT2D eigenvalue weighted by molar-refractivity contribution is -0.386. The van der Waals surface area contributed by atoms with Gasteiger partial charge in [0.1, 0.15) is 23.7 Å². The van der Waals surface area contributed by atoms with E-state index in [1.54, 1.807) is 19.1 Å². The molecule has 0 saturated heterocycles. The van der Waals surface area contributed by atoms with Gasteiger partial charge in [0, 0.05) is 5.56 Å². The van der Waals surface area contributed by atoms with Crippen molar-refractivity contribution in [1.29, 1.82) is 0 Å². The van der Waals surface area contributed by atoms with Crippen LogP contribution >= 0.6 is 0 Å². The Balaban J connectivity index is 1.86. The summed E-state index contributed by atoms with van der Waals surface area (Å²) in [6.45, 7) is 2.88. The number of carbonyl (C=O) groups excluding carboxylic acids is 2. The quantitative estimate of drug-likeness (QED) is 0.517. The van der Waals surface area contributed by atoms with Crippen LogP contribution in [0.4, 0.5) is 11.4 Å². The van der Waals surface area contributed by atoms with Gasteiger partial charge in [0.2, 0.25) is 0 Å². The first-order valence-corrected chi connectivity index (χ1v) is 7.15. The van der Waals surface area contributed by atoms with E-state index < -0.39 is 4.92 Å². The molecule has 0 atom stereocenters. The molecule has 1 N–H and O–H groups in total. The number of amides is 1. The molecule has 2 aromatic rings. The number of hydrogen-bond donors (Lipinski definition) is 1. The second-order valence-electron chi connectivity index (χ2n) is 5.41. The molecule has 0 saturated carbocycles. The fraction of sp³-hybridized carbons (Fsp3) is 0.267. The number of rotatable bonds is 4. The molecule has 9 heteroatoms. The van der Waals surface area contributed by atoms with Crippen molar-refractivity contribution < 1.29 is 19.2 Å². The predicted octanol–water partition coefficient (Wildman–Crippen LogP) is 1.62. The number of aromatic nitrogens is 2. The summed E-state index contributed by atoms with van der Waals surface area (Å²) in [6.07, 6.45) is 0. The molecule has 0 bridgehead atoms. The molecule has 1 aliphatic rings. The Hall–Kier alpha value is -3.23. The van der Waals surface area contributed by atoms with Crippen LogP contribution in [0, 0.1) is 24.0 Å². The highest BCUT2D eigenvalue weighted by molar-refractivity contribution is 6.00. The third-order valence-corrected chi connectivity index (χ3v) is 3.75. The molecule has 124 valence electrons. The summed E-state index contributed by atoms with van der Waals surface area (Å²) >= 11 is 0. The summed E-state index contributed by atoms with van der Waals surface area (Å²) in [6, 6.07) is 4.71. The minimum atomic E-state index is -0.510. The zero-order valence-electron chi connectivity index (χ0n) is 13.0. The fourth-order valence-corrected chi connectivity index (χ4v) is 2.59. The minimum absolute atomic E-state index is 0.0598. The Morgan fingerprint density at radius 2 is 2.21 bits per heavy atom. The van der Waals surface area contributed by atoms with Crippen LogP contribution in [0.15, 0.2) is 18.2 Å². The Labute approximate surface area is 136 Å².